The SMILES string of the molecule is COc1ccc(C2(CNC(=O)c3ccc(OC)cc3OC)CCOCC2)cc1. The second-order valence-corrected chi connectivity index (χ2v) is 6.87. The van der Waals surface area contributed by atoms with Gasteiger partial charge in [-0.15, -0.1) is 0 Å². The molecular weight excluding hydrogens is 358 g/mol. The van der Waals surface area contributed by atoms with Crippen LogP contribution in [-0.4, -0.2) is 47.0 Å². The highest BCUT2D eigenvalue weighted by molar-refractivity contribution is 5.97. The van der Waals surface area contributed by atoms with Crippen LogP contribution < -0.4 is 19.5 Å². The highest BCUT2D eigenvalue weighted by Gasteiger charge is 2.35. The largest absolute Gasteiger partial charge is 0.497 e. The van der Waals surface area contributed by atoms with Gasteiger partial charge < -0.3 is 24.3 Å². The molecule has 2 aromatic rings. The van der Waals surface area contributed by atoms with E-state index in [1.54, 1.807) is 39.5 Å². The van der Waals surface area contributed by atoms with Crippen molar-refractivity contribution < 1.29 is 23.7 Å². The van der Waals surface area contributed by atoms with Gasteiger partial charge in [-0.2, -0.15) is 0 Å². The van der Waals surface area contributed by atoms with Crippen LogP contribution in [0.25, 0.3) is 0 Å². The van der Waals surface area contributed by atoms with Crippen molar-refractivity contribution in [3.05, 3.63) is 53.6 Å². The lowest BCUT2D eigenvalue weighted by molar-refractivity contribution is 0.0486. The Hall–Kier alpha value is -2.73. The van der Waals surface area contributed by atoms with Gasteiger partial charge in [-0.3, -0.25) is 4.79 Å². The van der Waals surface area contributed by atoms with Crippen LogP contribution in [0, 0.1) is 0 Å². The Kier molecular flexibility index (Phi) is 6.41. The van der Waals surface area contributed by atoms with E-state index >= 15 is 0 Å². The minimum absolute atomic E-state index is 0.167. The average molecular weight is 385 g/mol. The normalized spacial score (nSPS) is 15.5. The highest BCUT2D eigenvalue weighted by atomic mass is 16.5. The first kappa shape index (κ1) is 20.0. The van der Waals surface area contributed by atoms with Crippen molar-refractivity contribution in [1.82, 2.24) is 5.32 Å². The molecule has 1 heterocycles. The summed E-state index contributed by atoms with van der Waals surface area (Å²) in [6, 6.07) is 13.3. The Bertz CT molecular complexity index is 797. The Labute approximate surface area is 165 Å². The van der Waals surface area contributed by atoms with Crippen molar-refractivity contribution in [2.45, 2.75) is 18.3 Å². The summed E-state index contributed by atoms with van der Waals surface area (Å²) in [6.07, 6.45) is 1.69. The van der Waals surface area contributed by atoms with Crippen LogP contribution in [-0.2, 0) is 10.2 Å². The molecule has 2 aromatic carbocycles. The Balaban J connectivity index is 1.79. The number of benzene rings is 2. The molecule has 0 bridgehead atoms. The third-order valence-corrected chi connectivity index (χ3v) is 5.39. The molecule has 1 aliphatic rings. The van der Waals surface area contributed by atoms with E-state index in [1.165, 1.54) is 5.56 Å². The molecule has 0 radical (unpaired) electrons. The summed E-state index contributed by atoms with van der Waals surface area (Å²) in [4.78, 5) is 12.9. The third-order valence-electron chi connectivity index (χ3n) is 5.39. The second kappa shape index (κ2) is 8.97. The molecule has 6 heteroatoms. The van der Waals surface area contributed by atoms with Gasteiger partial charge in [0.15, 0.2) is 0 Å². The number of rotatable bonds is 7. The first-order valence-electron chi connectivity index (χ1n) is 9.34. The summed E-state index contributed by atoms with van der Waals surface area (Å²) < 4.78 is 21.4. The first-order valence-corrected chi connectivity index (χ1v) is 9.34. The van der Waals surface area contributed by atoms with Crippen molar-refractivity contribution >= 4 is 5.91 Å². The molecule has 1 saturated heterocycles. The summed E-state index contributed by atoms with van der Waals surface area (Å²) >= 11 is 0. The van der Waals surface area contributed by atoms with E-state index in [0.29, 0.717) is 36.8 Å². The zero-order chi connectivity index (χ0) is 20.0. The molecule has 1 aliphatic heterocycles. The maximum atomic E-state index is 12.9. The van der Waals surface area contributed by atoms with Gasteiger partial charge in [-0.25, -0.2) is 0 Å². The van der Waals surface area contributed by atoms with E-state index < -0.39 is 0 Å². The van der Waals surface area contributed by atoms with E-state index in [9.17, 15) is 4.79 Å². The second-order valence-electron chi connectivity index (χ2n) is 6.87. The van der Waals surface area contributed by atoms with Gasteiger partial charge in [0, 0.05) is 31.2 Å². The molecule has 0 aliphatic carbocycles. The summed E-state index contributed by atoms with van der Waals surface area (Å²) in [5.41, 5.74) is 1.50. The third kappa shape index (κ3) is 4.22. The van der Waals surface area contributed by atoms with E-state index in [4.69, 9.17) is 18.9 Å². The van der Waals surface area contributed by atoms with Crippen LogP contribution in [0.2, 0.25) is 0 Å². The minimum Gasteiger partial charge on any atom is -0.497 e. The molecule has 0 spiro atoms. The van der Waals surface area contributed by atoms with Crippen LogP contribution in [0.5, 0.6) is 17.2 Å². The summed E-state index contributed by atoms with van der Waals surface area (Å²) in [5, 5.41) is 3.10. The van der Waals surface area contributed by atoms with Crippen molar-refractivity contribution in [2.24, 2.45) is 0 Å². The van der Waals surface area contributed by atoms with Crippen LogP contribution in [0.4, 0.5) is 0 Å². The monoisotopic (exact) mass is 385 g/mol. The zero-order valence-electron chi connectivity index (χ0n) is 16.6. The van der Waals surface area contributed by atoms with Crippen LogP contribution in [0.3, 0.4) is 0 Å². The number of hydrogen-bond acceptors (Lipinski definition) is 5. The Morgan fingerprint density at radius 3 is 2.21 bits per heavy atom. The molecule has 1 amide bonds. The van der Waals surface area contributed by atoms with Crippen LogP contribution >= 0.6 is 0 Å². The number of carbonyl (C=O) groups is 1. The highest BCUT2D eigenvalue weighted by Crippen LogP contribution is 2.35. The number of hydrogen-bond donors (Lipinski definition) is 1. The topological polar surface area (TPSA) is 66.0 Å². The van der Waals surface area contributed by atoms with E-state index in [0.717, 1.165) is 18.6 Å². The molecule has 150 valence electrons. The molecule has 1 fully saturated rings. The summed E-state index contributed by atoms with van der Waals surface area (Å²) in [6.45, 7) is 1.87. The van der Waals surface area contributed by atoms with Gasteiger partial charge in [0.2, 0.25) is 0 Å². The fraction of sp³-hybridized carbons (Fsp3) is 0.409. The number of nitrogens with one attached hydrogen (secondary N) is 1. The van der Waals surface area contributed by atoms with Crippen molar-refractivity contribution in [1.29, 1.82) is 0 Å². The number of methoxy groups -OCH3 is 3. The van der Waals surface area contributed by atoms with Gasteiger partial charge in [-0.1, -0.05) is 12.1 Å². The predicted octanol–water partition coefficient (Wildman–Crippen LogP) is 3.19. The molecule has 28 heavy (non-hydrogen) atoms. The fourth-order valence-corrected chi connectivity index (χ4v) is 3.61. The van der Waals surface area contributed by atoms with E-state index in [2.05, 4.69) is 17.4 Å². The summed E-state index contributed by atoms with van der Waals surface area (Å²) in [7, 11) is 4.78. The predicted molar refractivity (Wildman–Crippen MR) is 107 cm³/mol. The molecule has 0 atom stereocenters. The van der Waals surface area contributed by atoms with Gasteiger partial charge >= 0.3 is 0 Å². The average Bonchev–Trinajstić information content (AvgIpc) is 2.77. The maximum absolute atomic E-state index is 12.9. The molecule has 6 nitrogen and oxygen atoms in total. The molecular formula is C22H27NO5. The molecule has 3 rings (SSSR count). The number of amides is 1. The molecule has 0 aromatic heterocycles. The van der Waals surface area contributed by atoms with Gasteiger partial charge in [-0.05, 0) is 42.7 Å². The molecule has 1 N–H and O–H groups in total. The quantitative estimate of drug-likeness (QED) is 0.793. The number of carbonyl (C=O) groups excluding carboxylic acids is 1. The standard InChI is InChI=1S/C22H27NO5/c1-25-17-6-4-16(5-7-17)22(10-12-28-13-11-22)15-23-21(24)19-9-8-18(26-2)14-20(19)27-3/h4-9,14H,10-13,15H2,1-3H3,(H,23,24). The zero-order valence-corrected chi connectivity index (χ0v) is 16.6. The lowest BCUT2D eigenvalue weighted by Crippen LogP contribution is -2.44. The number of ether oxygens (including phenoxy) is 4. The lowest BCUT2D eigenvalue weighted by atomic mass is 9.74. The van der Waals surface area contributed by atoms with Crippen molar-refractivity contribution in [2.75, 3.05) is 41.1 Å². The van der Waals surface area contributed by atoms with Crippen LogP contribution in [0.15, 0.2) is 42.5 Å². The molecule has 0 saturated carbocycles. The van der Waals surface area contributed by atoms with Gasteiger partial charge in [0.1, 0.15) is 17.2 Å². The van der Waals surface area contributed by atoms with E-state index in [1.807, 2.05) is 12.1 Å². The Morgan fingerprint density at radius 1 is 0.964 bits per heavy atom. The Morgan fingerprint density at radius 2 is 1.61 bits per heavy atom. The fourth-order valence-electron chi connectivity index (χ4n) is 3.61. The molecule has 0 unspecified atom stereocenters. The van der Waals surface area contributed by atoms with Gasteiger partial charge in [0.25, 0.3) is 5.91 Å². The first-order chi connectivity index (χ1) is 13.6. The minimum atomic E-state index is -0.168. The van der Waals surface area contributed by atoms with E-state index in [-0.39, 0.29) is 11.3 Å². The van der Waals surface area contributed by atoms with Crippen molar-refractivity contribution in [3.8, 4) is 17.2 Å². The lowest BCUT2D eigenvalue weighted by Gasteiger charge is -2.38. The van der Waals surface area contributed by atoms with Gasteiger partial charge in [0.05, 0.1) is 26.9 Å². The summed E-state index contributed by atoms with van der Waals surface area (Å²) in [5.74, 6) is 1.78. The van der Waals surface area contributed by atoms with Crippen LogP contribution in [0.1, 0.15) is 28.8 Å². The smallest absolute Gasteiger partial charge is 0.255 e. The maximum Gasteiger partial charge on any atom is 0.255 e. The van der Waals surface area contributed by atoms with Crippen molar-refractivity contribution in [3.63, 3.8) is 0 Å².